The average Bonchev–Trinajstić information content (AvgIpc) is 3.03. The molecule has 1 heterocycles. The summed E-state index contributed by atoms with van der Waals surface area (Å²) >= 11 is 0. The van der Waals surface area contributed by atoms with Crippen molar-refractivity contribution in [3.05, 3.63) is 71.4 Å². The molecule has 1 N–H and O–H groups in total. The second kappa shape index (κ2) is 8.22. The van der Waals surface area contributed by atoms with Crippen LogP contribution in [-0.4, -0.2) is 17.0 Å². The van der Waals surface area contributed by atoms with E-state index in [0.29, 0.717) is 6.42 Å². The molecule has 3 rings (SSSR count). The zero-order valence-corrected chi connectivity index (χ0v) is 16.0. The van der Waals surface area contributed by atoms with Crippen LogP contribution in [-0.2, 0) is 11.3 Å². The maximum atomic E-state index is 12.5. The van der Waals surface area contributed by atoms with Crippen LogP contribution in [0.15, 0.2) is 54.7 Å². The summed E-state index contributed by atoms with van der Waals surface area (Å²) in [6.07, 6.45) is 3.65. The fourth-order valence-corrected chi connectivity index (χ4v) is 3.63. The maximum absolute atomic E-state index is 12.5. The van der Waals surface area contributed by atoms with E-state index in [9.17, 15) is 4.79 Å². The number of nitrogens with one attached hydrogen (secondary N) is 1. The number of aromatic nitrogens is 1. The van der Waals surface area contributed by atoms with Gasteiger partial charge in [-0.3, -0.25) is 4.79 Å². The highest BCUT2D eigenvalue weighted by Crippen LogP contribution is 2.35. The normalized spacial score (nSPS) is 12.3. The number of hydrogen-bond acceptors (Lipinski definition) is 1. The molecule has 1 atom stereocenters. The van der Waals surface area contributed by atoms with Crippen LogP contribution in [0.25, 0.3) is 10.9 Å². The molecule has 2 aromatic carbocycles. The van der Waals surface area contributed by atoms with Gasteiger partial charge in [0.2, 0.25) is 5.91 Å². The molecule has 0 aliphatic carbocycles. The first-order chi connectivity index (χ1) is 12.6. The number of amides is 1. The third-order valence-corrected chi connectivity index (χ3v) is 4.94. The predicted molar refractivity (Wildman–Crippen MR) is 109 cm³/mol. The van der Waals surface area contributed by atoms with Crippen molar-refractivity contribution >= 4 is 16.8 Å². The molecular weight excluding hydrogens is 320 g/mol. The SMILES string of the molecule is CCCNC(=O)C[C@H](c1cccc(C)c1)c1cn(CC)c2ccccc12. The van der Waals surface area contributed by atoms with Crippen molar-refractivity contribution in [2.75, 3.05) is 6.54 Å². The summed E-state index contributed by atoms with van der Waals surface area (Å²) in [5, 5.41) is 4.28. The Hall–Kier alpha value is -2.55. The van der Waals surface area contributed by atoms with Crippen LogP contribution in [0.1, 0.15) is 49.3 Å². The van der Waals surface area contributed by atoms with Crippen LogP contribution in [0.5, 0.6) is 0 Å². The van der Waals surface area contributed by atoms with E-state index in [4.69, 9.17) is 0 Å². The lowest BCUT2D eigenvalue weighted by Gasteiger charge is -2.18. The van der Waals surface area contributed by atoms with Gasteiger partial charge in [0.05, 0.1) is 0 Å². The van der Waals surface area contributed by atoms with Gasteiger partial charge in [0.15, 0.2) is 0 Å². The topological polar surface area (TPSA) is 34.0 Å². The molecule has 0 radical (unpaired) electrons. The van der Waals surface area contributed by atoms with E-state index in [1.807, 2.05) is 0 Å². The van der Waals surface area contributed by atoms with Gasteiger partial charge in [0.1, 0.15) is 0 Å². The van der Waals surface area contributed by atoms with E-state index in [0.717, 1.165) is 19.5 Å². The Labute approximate surface area is 156 Å². The number of fused-ring (bicyclic) bond motifs is 1. The minimum atomic E-state index is 0.0597. The first kappa shape index (κ1) is 18.2. The van der Waals surface area contributed by atoms with Crippen LogP contribution in [0.4, 0.5) is 0 Å². The number of benzene rings is 2. The van der Waals surface area contributed by atoms with Gasteiger partial charge < -0.3 is 9.88 Å². The highest BCUT2D eigenvalue weighted by Gasteiger charge is 2.22. The van der Waals surface area contributed by atoms with Gasteiger partial charge in [0.25, 0.3) is 0 Å². The van der Waals surface area contributed by atoms with Crippen molar-refractivity contribution in [1.29, 1.82) is 0 Å². The van der Waals surface area contributed by atoms with E-state index >= 15 is 0 Å². The van der Waals surface area contributed by atoms with Crippen LogP contribution in [0.2, 0.25) is 0 Å². The number of rotatable bonds is 7. The smallest absolute Gasteiger partial charge is 0.220 e. The van der Waals surface area contributed by atoms with Crippen LogP contribution < -0.4 is 5.32 Å². The highest BCUT2D eigenvalue weighted by atomic mass is 16.1. The molecule has 0 spiro atoms. The molecule has 0 aliphatic rings. The van der Waals surface area contributed by atoms with E-state index < -0.39 is 0 Å². The lowest BCUT2D eigenvalue weighted by molar-refractivity contribution is -0.121. The second-order valence-corrected chi connectivity index (χ2v) is 6.91. The molecule has 26 heavy (non-hydrogen) atoms. The Morgan fingerprint density at radius 1 is 1.12 bits per heavy atom. The molecule has 3 aromatic rings. The van der Waals surface area contributed by atoms with Gasteiger partial charge in [-0.25, -0.2) is 0 Å². The summed E-state index contributed by atoms with van der Waals surface area (Å²) in [7, 11) is 0. The molecule has 0 unspecified atom stereocenters. The molecule has 0 saturated heterocycles. The summed E-state index contributed by atoms with van der Waals surface area (Å²) in [5.74, 6) is 0.177. The van der Waals surface area contributed by atoms with Crippen LogP contribution in [0.3, 0.4) is 0 Å². The van der Waals surface area contributed by atoms with Gasteiger partial charge >= 0.3 is 0 Å². The van der Waals surface area contributed by atoms with Crippen LogP contribution >= 0.6 is 0 Å². The zero-order valence-electron chi connectivity index (χ0n) is 16.0. The number of hydrogen-bond donors (Lipinski definition) is 1. The van der Waals surface area contributed by atoms with Crippen molar-refractivity contribution in [1.82, 2.24) is 9.88 Å². The van der Waals surface area contributed by atoms with Crippen molar-refractivity contribution in [2.45, 2.75) is 46.1 Å². The Bertz CT molecular complexity index is 894. The predicted octanol–water partition coefficient (Wildman–Crippen LogP) is 5.02. The lowest BCUT2D eigenvalue weighted by atomic mass is 9.87. The number of carbonyl (C=O) groups excluding carboxylic acids is 1. The summed E-state index contributed by atoms with van der Waals surface area (Å²) in [4.78, 5) is 12.5. The third-order valence-electron chi connectivity index (χ3n) is 4.94. The fourth-order valence-electron chi connectivity index (χ4n) is 3.63. The number of para-hydroxylation sites is 1. The van der Waals surface area contributed by atoms with Crippen molar-refractivity contribution in [2.24, 2.45) is 0 Å². The van der Waals surface area contributed by atoms with Gasteiger partial charge in [-0.05, 0) is 37.5 Å². The van der Waals surface area contributed by atoms with Crippen molar-refractivity contribution in [3.8, 4) is 0 Å². The molecule has 0 saturated carbocycles. The lowest BCUT2D eigenvalue weighted by Crippen LogP contribution is -2.26. The quantitative estimate of drug-likeness (QED) is 0.639. The standard InChI is InChI=1S/C23H28N2O/c1-4-13-24-23(26)15-20(18-10-8-9-17(3)14-18)21-16-25(5-2)22-12-7-6-11-19(21)22/h6-12,14,16,20H,4-5,13,15H2,1-3H3,(H,24,26)/t20-/m1/s1. The summed E-state index contributed by atoms with van der Waals surface area (Å²) in [6.45, 7) is 7.99. The Balaban J connectivity index is 2.07. The minimum absolute atomic E-state index is 0.0597. The molecule has 1 amide bonds. The van der Waals surface area contributed by atoms with Gasteiger partial charge in [-0.1, -0.05) is 55.0 Å². The van der Waals surface area contributed by atoms with Crippen molar-refractivity contribution in [3.63, 3.8) is 0 Å². The minimum Gasteiger partial charge on any atom is -0.356 e. The number of aryl methyl sites for hydroxylation is 2. The Kier molecular flexibility index (Phi) is 5.77. The number of carbonyl (C=O) groups is 1. The Morgan fingerprint density at radius 3 is 2.65 bits per heavy atom. The first-order valence-electron chi connectivity index (χ1n) is 9.55. The molecule has 0 aliphatic heterocycles. The summed E-state index contributed by atoms with van der Waals surface area (Å²) in [6, 6.07) is 17.0. The van der Waals surface area contributed by atoms with Gasteiger partial charge in [0, 0.05) is 42.5 Å². The average molecular weight is 348 g/mol. The van der Waals surface area contributed by atoms with E-state index in [-0.39, 0.29) is 11.8 Å². The van der Waals surface area contributed by atoms with Crippen LogP contribution in [0, 0.1) is 6.92 Å². The second-order valence-electron chi connectivity index (χ2n) is 6.91. The molecule has 0 fully saturated rings. The summed E-state index contributed by atoms with van der Waals surface area (Å²) in [5.41, 5.74) is 4.90. The van der Waals surface area contributed by atoms with E-state index in [1.165, 1.54) is 27.6 Å². The summed E-state index contributed by atoms with van der Waals surface area (Å²) < 4.78 is 2.28. The molecule has 1 aromatic heterocycles. The maximum Gasteiger partial charge on any atom is 0.220 e. The molecule has 0 bridgehead atoms. The molecule has 3 heteroatoms. The molecular formula is C23H28N2O. The number of nitrogens with zero attached hydrogens (tertiary/aromatic N) is 1. The monoisotopic (exact) mass is 348 g/mol. The molecule has 3 nitrogen and oxygen atoms in total. The zero-order chi connectivity index (χ0) is 18.5. The van der Waals surface area contributed by atoms with E-state index in [2.05, 4.69) is 85.4 Å². The van der Waals surface area contributed by atoms with Gasteiger partial charge in [-0.15, -0.1) is 0 Å². The highest BCUT2D eigenvalue weighted by molar-refractivity contribution is 5.86. The Morgan fingerprint density at radius 2 is 1.92 bits per heavy atom. The molecule has 136 valence electrons. The third kappa shape index (κ3) is 3.82. The van der Waals surface area contributed by atoms with E-state index in [1.54, 1.807) is 0 Å². The largest absolute Gasteiger partial charge is 0.356 e. The fraction of sp³-hybridized carbons (Fsp3) is 0.348. The van der Waals surface area contributed by atoms with Crippen molar-refractivity contribution < 1.29 is 4.79 Å². The first-order valence-corrected chi connectivity index (χ1v) is 9.55. The van der Waals surface area contributed by atoms with Gasteiger partial charge in [-0.2, -0.15) is 0 Å².